The molecule has 0 unspecified atom stereocenters. The van der Waals surface area contributed by atoms with Crippen LogP contribution < -0.4 is 10.4 Å². The van der Waals surface area contributed by atoms with Crippen LogP contribution in [-0.2, 0) is 4.74 Å². The SMILES string of the molecule is CB(C)c1ccccc1.CN(C)c1ccccc1.COC.CSC. The largest absolute Gasteiger partial charge is 0.388 e. The summed E-state index contributed by atoms with van der Waals surface area (Å²) in [6.45, 7) is 5.07. The molecule has 2 rings (SSSR count). The van der Waals surface area contributed by atoms with Crippen molar-refractivity contribution in [3.8, 4) is 0 Å². The van der Waals surface area contributed by atoms with E-state index in [-0.39, 0.29) is 0 Å². The van der Waals surface area contributed by atoms with Gasteiger partial charge >= 0.3 is 0 Å². The minimum atomic E-state index is 0.659. The summed E-state index contributed by atoms with van der Waals surface area (Å²) < 4.78 is 4.25. The molecule has 0 atom stereocenters. The topological polar surface area (TPSA) is 12.5 Å². The first-order chi connectivity index (χ1) is 11.4. The number of thioether (sulfide) groups is 1. The Bertz CT molecular complexity index is 418. The van der Waals surface area contributed by atoms with Crippen molar-refractivity contribution in [1.82, 2.24) is 0 Å². The van der Waals surface area contributed by atoms with Crippen molar-refractivity contribution in [3.05, 3.63) is 60.7 Å². The van der Waals surface area contributed by atoms with Gasteiger partial charge in [-0.25, -0.2) is 0 Å². The molecule has 0 saturated heterocycles. The van der Waals surface area contributed by atoms with Gasteiger partial charge in [0.2, 0.25) is 0 Å². The second-order valence-corrected chi connectivity index (χ2v) is 6.43. The fourth-order valence-electron chi connectivity index (χ4n) is 1.56. The molecule has 134 valence electrons. The zero-order chi connectivity index (χ0) is 18.8. The summed E-state index contributed by atoms with van der Waals surface area (Å²) >= 11 is 1.75. The molecule has 2 aromatic carbocycles. The molecule has 2 nitrogen and oxygen atoms in total. The van der Waals surface area contributed by atoms with Crippen LogP contribution in [-0.4, -0.2) is 47.5 Å². The molecule has 0 aliphatic carbocycles. The predicted octanol–water partition coefficient (Wildman–Crippen LogP) is 4.64. The Morgan fingerprint density at radius 2 is 1.12 bits per heavy atom. The molecular formula is C20H34BNOS. The lowest BCUT2D eigenvalue weighted by Crippen LogP contribution is -2.21. The van der Waals surface area contributed by atoms with Crippen molar-refractivity contribution in [1.29, 1.82) is 0 Å². The summed E-state index contributed by atoms with van der Waals surface area (Å²) in [6.07, 6.45) is 4.08. The molecule has 0 N–H and O–H groups in total. The fourth-order valence-corrected chi connectivity index (χ4v) is 1.56. The highest BCUT2D eigenvalue weighted by Gasteiger charge is 1.98. The molecule has 0 amide bonds. The number of ether oxygens (including phenoxy) is 1. The van der Waals surface area contributed by atoms with Crippen LogP contribution in [0, 0.1) is 0 Å². The minimum absolute atomic E-state index is 0.659. The monoisotopic (exact) mass is 347 g/mol. The van der Waals surface area contributed by atoms with Gasteiger partial charge in [-0.2, -0.15) is 11.8 Å². The lowest BCUT2D eigenvalue weighted by molar-refractivity contribution is 0.277. The lowest BCUT2D eigenvalue weighted by atomic mass is 9.49. The molecule has 0 radical (unpaired) electrons. The standard InChI is InChI=1S/C8H11B.C8H11N.C2H6O.C2H6S/c2*1-9(2)8-6-4-3-5-7-8;2*1-3-2/h2*3-7H,1-2H3;2*1-2H3. The number of para-hydroxylation sites is 1. The van der Waals surface area contributed by atoms with Gasteiger partial charge in [0.1, 0.15) is 0 Å². The Morgan fingerprint density at radius 1 is 0.792 bits per heavy atom. The van der Waals surface area contributed by atoms with Crippen LogP contribution in [0.25, 0.3) is 0 Å². The summed E-state index contributed by atoms with van der Waals surface area (Å²) in [4.78, 5) is 2.08. The van der Waals surface area contributed by atoms with Gasteiger partial charge in [0, 0.05) is 34.0 Å². The number of rotatable bonds is 2. The van der Waals surface area contributed by atoms with E-state index in [1.54, 1.807) is 26.0 Å². The van der Waals surface area contributed by atoms with E-state index < -0.39 is 0 Å². The van der Waals surface area contributed by atoms with Crippen LogP contribution in [0.1, 0.15) is 0 Å². The van der Waals surface area contributed by atoms with Crippen molar-refractivity contribution in [3.63, 3.8) is 0 Å². The van der Waals surface area contributed by atoms with Gasteiger partial charge in [-0.3, -0.25) is 0 Å². The number of hydrogen-bond donors (Lipinski definition) is 0. The maximum Gasteiger partial charge on any atom is 0.169 e. The van der Waals surface area contributed by atoms with Crippen LogP contribution in [0.4, 0.5) is 5.69 Å². The van der Waals surface area contributed by atoms with Crippen molar-refractivity contribution in [2.24, 2.45) is 0 Å². The molecule has 0 aliphatic rings. The first kappa shape index (κ1) is 24.9. The second kappa shape index (κ2) is 18.0. The van der Waals surface area contributed by atoms with Crippen LogP contribution in [0.5, 0.6) is 0 Å². The van der Waals surface area contributed by atoms with Crippen molar-refractivity contribution in [2.45, 2.75) is 13.6 Å². The van der Waals surface area contributed by atoms with Gasteiger partial charge in [0.25, 0.3) is 0 Å². The highest BCUT2D eigenvalue weighted by molar-refractivity contribution is 7.97. The summed E-state index contributed by atoms with van der Waals surface area (Å²) in [7, 11) is 7.32. The minimum Gasteiger partial charge on any atom is -0.388 e. The van der Waals surface area contributed by atoms with E-state index in [2.05, 4.69) is 59.7 Å². The molecule has 0 bridgehead atoms. The molecule has 24 heavy (non-hydrogen) atoms. The van der Waals surface area contributed by atoms with Gasteiger partial charge in [-0.15, -0.1) is 0 Å². The maximum absolute atomic E-state index is 4.25. The molecule has 0 saturated carbocycles. The third-order valence-electron chi connectivity index (χ3n) is 2.74. The average molecular weight is 347 g/mol. The summed E-state index contributed by atoms with van der Waals surface area (Å²) in [5.41, 5.74) is 2.66. The number of nitrogens with zero attached hydrogens (tertiary/aromatic N) is 1. The van der Waals surface area contributed by atoms with Gasteiger partial charge in [-0.1, -0.05) is 67.6 Å². The Balaban J connectivity index is 0. The van der Waals surface area contributed by atoms with E-state index >= 15 is 0 Å². The number of benzene rings is 2. The van der Waals surface area contributed by atoms with Gasteiger partial charge in [0.05, 0.1) is 0 Å². The average Bonchev–Trinajstić information content (AvgIpc) is 2.58. The third-order valence-corrected chi connectivity index (χ3v) is 2.74. The quantitative estimate of drug-likeness (QED) is 0.734. The van der Waals surface area contributed by atoms with Crippen LogP contribution in [0.3, 0.4) is 0 Å². The highest BCUT2D eigenvalue weighted by Crippen LogP contribution is 2.07. The van der Waals surface area contributed by atoms with E-state index in [0.717, 1.165) is 0 Å². The molecular weight excluding hydrogens is 313 g/mol. The molecule has 0 aliphatic heterocycles. The number of anilines is 1. The maximum atomic E-state index is 4.25. The first-order valence-corrected chi connectivity index (χ1v) is 9.65. The van der Waals surface area contributed by atoms with E-state index in [1.165, 1.54) is 11.2 Å². The van der Waals surface area contributed by atoms with Crippen molar-refractivity contribution in [2.75, 3.05) is 45.7 Å². The molecule has 0 aromatic heterocycles. The summed E-state index contributed by atoms with van der Waals surface area (Å²) in [5, 5.41) is 0. The Labute approximate surface area is 154 Å². The van der Waals surface area contributed by atoms with E-state index in [1.807, 2.05) is 50.9 Å². The van der Waals surface area contributed by atoms with Crippen LogP contribution in [0.2, 0.25) is 13.6 Å². The zero-order valence-electron chi connectivity index (χ0n) is 16.6. The van der Waals surface area contributed by atoms with Gasteiger partial charge in [0.15, 0.2) is 6.71 Å². The smallest absolute Gasteiger partial charge is 0.169 e. The third kappa shape index (κ3) is 15.5. The molecule has 2 aromatic rings. The molecule has 4 heteroatoms. The van der Waals surface area contributed by atoms with Gasteiger partial charge in [-0.05, 0) is 24.6 Å². The molecule has 0 fully saturated rings. The van der Waals surface area contributed by atoms with E-state index in [9.17, 15) is 0 Å². The predicted molar refractivity (Wildman–Crippen MR) is 117 cm³/mol. The molecule has 0 heterocycles. The Morgan fingerprint density at radius 3 is 1.33 bits per heavy atom. The summed E-state index contributed by atoms with van der Waals surface area (Å²) in [5.74, 6) is 0. The van der Waals surface area contributed by atoms with Crippen LogP contribution >= 0.6 is 11.8 Å². The number of hydrogen-bond acceptors (Lipinski definition) is 3. The Kier molecular flexibility index (Phi) is 18.6. The van der Waals surface area contributed by atoms with E-state index in [4.69, 9.17) is 0 Å². The second-order valence-electron chi connectivity index (χ2n) is 5.61. The molecule has 0 spiro atoms. The summed E-state index contributed by atoms with van der Waals surface area (Å²) in [6, 6.07) is 20.8. The van der Waals surface area contributed by atoms with Crippen molar-refractivity contribution >= 4 is 29.6 Å². The number of methoxy groups -OCH3 is 1. The first-order valence-electron chi connectivity index (χ1n) is 8.02. The van der Waals surface area contributed by atoms with Gasteiger partial charge < -0.3 is 9.64 Å². The normalized spacial score (nSPS) is 8.33. The fraction of sp³-hybridized carbons (Fsp3) is 0.400. The Hall–Kier alpha value is -1.39. The highest BCUT2D eigenvalue weighted by atomic mass is 32.2. The zero-order valence-corrected chi connectivity index (χ0v) is 17.4. The van der Waals surface area contributed by atoms with E-state index in [0.29, 0.717) is 6.71 Å². The van der Waals surface area contributed by atoms with Crippen molar-refractivity contribution < 1.29 is 4.74 Å². The lowest BCUT2D eigenvalue weighted by Gasteiger charge is -2.10. The van der Waals surface area contributed by atoms with Crippen LogP contribution in [0.15, 0.2) is 60.7 Å².